The Labute approximate surface area is 164 Å². The molecule has 0 spiro atoms. The van der Waals surface area contributed by atoms with Crippen molar-refractivity contribution in [1.29, 1.82) is 0 Å². The molecule has 1 heterocycles. The van der Waals surface area contributed by atoms with Crippen LogP contribution in [0.15, 0.2) is 48.5 Å². The fourth-order valence-corrected chi connectivity index (χ4v) is 2.90. The van der Waals surface area contributed by atoms with E-state index in [4.69, 9.17) is 16.3 Å². The Bertz CT molecular complexity index is 913. The molecule has 0 aliphatic rings. The Hall–Kier alpha value is -2.79. The van der Waals surface area contributed by atoms with Crippen molar-refractivity contribution in [3.8, 4) is 5.75 Å². The number of hydrogen-bond donors (Lipinski definition) is 2. The third kappa shape index (κ3) is 5.11. The average Bonchev–Trinajstić information content (AvgIpc) is 2.66. The van der Waals surface area contributed by atoms with E-state index in [1.807, 2.05) is 50.2 Å². The van der Waals surface area contributed by atoms with E-state index in [1.54, 1.807) is 7.11 Å². The molecule has 2 aromatic carbocycles. The summed E-state index contributed by atoms with van der Waals surface area (Å²) in [5, 5.41) is 7.42. The number of halogens is 1. The van der Waals surface area contributed by atoms with Crippen LogP contribution in [0.2, 0.25) is 5.02 Å². The molecule has 1 aromatic heterocycles. The van der Waals surface area contributed by atoms with Gasteiger partial charge in [0.1, 0.15) is 23.2 Å². The van der Waals surface area contributed by atoms with Crippen molar-refractivity contribution in [3.63, 3.8) is 0 Å². The molecular formula is C21H23ClN4O. The van der Waals surface area contributed by atoms with Gasteiger partial charge in [-0.15, -0.1) is 0 Å². The molecule has 0 atom stereocenters. The molecule has 0 amide bonds. The largest absolute Gasteiger partial charge is 0.497 e. The van der Waals surface area contributed by atoms with E-state index in [9.17, 15) is 0 Å². The molecule has 3 aromatic rings. The minimum absolute atomic E-state index is 0.701. The molecule has 0 unspecified atom stereocenters. The standard InChI is InChI=1S/C21H23ClN4O/c1-14-18(22)5-4-6-19(14)26-21-13-20(24-15(2)25-21)23-12-11-16-7-9-17(27-3)10-8-16/h4-10,13H,11-12H2,1-3H3,(H2,23,24,25,26). The molecule has 0 bridgehead atoms. The molecule has 140 valence electrons. The summed E-state index contributed by atoms with van der Waals surface area (Å²) in [7, 11) is 1.67. The van der Waals surface area contributed by atoms with E-state index in [2.05, 4.69) is 32.7 Å². The molecule has 5 nitrogen and oxygen atoms in total. The summed E-state index contributed by atoms with van der Waals surface area (Å²) in [5.74, 6) is 3.09. The normalized spacial score (nSPS) is 10.5. The Morgan fingerprint density at radius 1 is 1.00 bits per heavy atom. The number of benzene rings is 2. The fraction of sp³-hybridized carbons (Fsp3) is 0.238. The van der Waals surface area contributed by atoms with Crippen LogP contribution in [0.25, 0.3) is 0 Å². The summed E-state index contributed by atoms with van der Waals surface area (Å²) >= 11 is 6.20. The van der Waals surface area contributed by atoms with Crippen LogP contribution in [0.1, 0.15) is 17.0 Å². The third-order valence-electron chi connectivity index (χ3n) is 4.25. The maximum Gasteiger partial charge on any atom is 0.136 e. The van der Waals surface area contributed by atoms with E-state index < -0.39 is 0 Å². The Balaban J connectivity index is 1.65. The molecule has 27 heavy (non-hydrogen) atoms. The van der Waals surface area contributed by atoms with Gasteiger partial charge in [0, 0.05) is 23.3 Å². The minimum atomic E-state index is 0.701. The van der Waals surface area contributed by atoms with Gasteiger partial charge < -0.3 is 15.4 Å². The van der Waals surface area contributed by atoms with Gasteiger partial charge in [0.25, 0.3) is 0 Å². The van der Waals surface area contributed by atoms with Crippen LogP contribution in [-0.2, 0) is 6.42 Å². The molecule has 2 N–H and O–H groups in total. The Morgan fingerprint density at radius 3 is 2.48 bits per heavy atom. The summed E-state index contributed by atoms with van der Waals surface area (Å²) in [6, 6.07) is 15.8. The number of nitrogens with one attached hydrogen (secondary N) is 2. The van der Waals surface area contributed by atoms with Crippen molar-refractivity contribution in [2.24, 2.45) is 0 Å². The summed E-state index contributed by atoms with van der Waals surface area (Å²) in [6.07, 6.45) is 0.892. The molecule has 0 saturated heterocycles. The highest BCUT2D eigenvalue weighted by molar-refractivity contribution is 6.31. The van der Waals surface area contributed by atoms with E-state index in [1.165, 1.54) is 5.56 Å². The molecule has 0 aliphatic carbocycles. The van der Waals surface area contributed by atoms with Crippen LogP contribution >= 0.6 is 11.6 Å². The quantitative estimate of drug-likeness (QED) is 0.591. The molecule has 0 saturated carbocycles. The van der Waals surface area contributed by atoms with Gasteiger partial charge in [0.2, 0.25) is 0 Å². The second kappa shape index (κ2) is 8.73. The van der Waals surface area contributed by atoms with Crippen molar-refractivity contribution in [3.05, 3.63) is 70.5 Å². The van der Waals surface area contributed by atoms with E-state index in [0.717, 1.165) is 46.6 Å². The lowest BCUT2D eigenvalue weighted by Crippen LogP contribution is -2.08. The molecule has 0 aliphatic heterocycles. The molecule has 3 rings (SSSR count). The Kier molecular flexibility index (Phi) is 6.14. The van der Waals surface area contributed by atoms with Crippen molar-refractivity contribution < 1.29 is 4.74 Å². The third-order valence-corrected chi connectivity index (χ3v) is 4.66. The van der Waals surface area contributed by atoms with Gasteiger partial charge in [0.15, 0.2) is 0 Å². The van der Waals surface area contributed by atoms with Gasteiger partial charge in [-0.05, 0) is 55.7 Å². The predicted octanol–water partition coefficient (Wildman–Crippen LogP) is 5.15. The molecule has 0 radical (unpaired) electrons. The van der Waals surface area contributed by atoms with Crippen molar-refractivity contribution in [1.82, 2.24) is 9.97 Å². The SMILES string of the molecule is COc1ccc(CCNc2cc(Nc3cccc(Cl)c3C)nc(C)n2)cc1. The maximum absolute atomic E-state index is 6.20. The second-order valence-corrected chi connectivity index (χ2v) is 6.66. The van der Waals surface area contributed by atoms with Crippen LogP contribution in [0.3, 0.4) is 0 Å². The second-order valence-electron chi connectivity index (χ2n) is 6.25. The number of anilines is 3. The summed E-state index contributed by atoms with van der Waals surface area (Å²) in [5.41, 5.74) is 3.16. The topological polar surface area (TPSA) is 59.1 Å². The number of nitrogens with zero attached hydrogens (tertiary/aromatic N) is 2. The maximum atomic E-state index is 6.20. The fourth-order valence-electron chi connectivity index (χ4n) is 2.73. The van der Waals surface area contributed by atoms with E-state index >= 15 is 0 Å². The van der Waals surface area contributed by atoms with Crippen molar-refractivity contribution in [2.75, 3.05) is 24.3 Å². The number of ether oxygens (including phenoxy) is 1. The van der Waals surface area contributed by atoms with E-state index in [0.29, 0.717) is 5.82 Å². The van der Waals surface area contributed by atoms with Gasteiger partial charge in [-0.2, -0.15) is 0 Å². The van der Waals surface area contributed by atoms with Crippen LogP contribution in [-0.4, -0.2) is 23.6 Å². The molecule has 0 fully saturated rings. The molecular weight excluding hydrogens is 360 g/mol. The number of aryl methyl sites for hydroxylation is 1. The van der Waals surface area contributed by atoms with Crippen LogP contribution in [0, 0.1) is 13.8 Å². The lowest BCUT2D eigenvalue weighted by Gasteiger charge is -2.12. The van der Waals surface area contributed by atoms with Gasteiger partial charge >= 0.3 is 0 Å². The first-order valence-corrected chi connectivity index (χ1v) is 9.17. The van der Waals surface area contributed by atoms with Gasteiger partial charge in [-0.3, -0.25) is 0 Å². The minimum Gasteiger partial charge on any atom is -0.497 e. The first-order valence-electron chi connectivity index (χ1n) is 8.80. The van der Waals surface area contributed by atoms with Crippen LogP contribution < -0.4 is 15.4 Å². The van der Waals surface area contributed by atoms with Crippen LogP contribution in [0.5, 0.6) is 5.75 Å². The van der Waals surface area contributed by atoms with Gasteiger partial charge in [-0.25, -0.2) is 9.97 Å². The highest BCUT2D eigenvalue weighted by Crippen LogP contribution is 2.26. The predicted molar refractivity (Wildman–Crippen MR) is 111 cm³/mol. The highest BCUT2D eigenvalue weighted by Gasteiger charge is 2.06. The number of methoxy groups -OCH3 is 1. The van der Waals surface area contributed by atoms with Crippen molar-refractivity contribution >= 4 is 28.9 Å². The van der Waals surface area contributed by atoms with Gasteiger partial charge in [-0.1, -0.05) is 29.8 Å². The molecule has 6 heteroatoms. The number of hydrogen-bond acceptors (Lipinski definition) is 5. The lowest BCUT2D eigenvalue weighted by molar-refractivity contribution is 0.414. The first-order chi connectivity index (χ1) is 13.0. The van der Waals surface area contributed by atoms with E-state index in [-0.39, 0.29) is 0 Å². The Morgan fingerprint density at radius 2 is 1.74 bits per heavy atom. The average molecular weight is 383 g/mol. The number of aromatic nitrogens is 2. The monoisotopic (exact) mass is 382 g/mol. The summed E-state index contributed by atoms with van der Waals surface area (Å²) < 4.78 is 5.19. The van der Waals surface area contributed by atoms with Gasteiger partial charge in [0.05, 0.1) is 7.11 Å². The zero-order valence-electron chi connectivity index (χ0n) is 15.7. The highest BCUT2D eigenvalue weighted by atomic mass is 35.5. The first kappa shape index (κ1) is 19.0. The smallest absolute Gasteiger partial charge is 0.136 e. The lowest BCUT2D eigenvalue weighted by atomic mass is 10.1. The zero-order chi connectivity index (χ0) is 19.2. The number of rotatable bonds is 7. The summed E-state index contributed by atoms with van der Waals surface area (Å²) in [6.45, 7) is 4.63. The van der Waals surface area contributed by atoms with Crippen molar-refractivity contribution in [2.45, 2.75) is 20.3 Å². The van der Waals surface area contributed by atoms with Crippen LogP contribution in [0.4, 0.5) is 17.3 Å². The zero-order valence-corrected chi connectivity index (χ0v) is 16.5. The summed E-state index contributed by atoms with van der Waals surface area (Å²) in [4.78, 5) is 8.93.